The van der Waals surface area contributed by atoms with E-state index in [2.05, 4.69) is 37.9 Å². The van der Waals surface area contributed by atoms with E-state index < -0.39 is 5.54 Å². The predicted molar refractivity (Wildman–Crippen MR) is 119 cm³/mol. The standard InChI is InChI=1S/C23H32BrN3O2/c1-13-7-18(24)5-6-19(13)27-22(3,4)21(29)25-20-16-8-15-9-17(20)12-23(10-15,11-16)26-14(2)28/h5-7,15-17,20,27H,8-12H2,1-4H3,(H,25,29)(H,26,28)/t15?,16-,17+,20?,23?. The van der Waals surface area contributed by atoms with Gasteiger partial charge >= 0.3 is 0 Å². The van der Waals surface area contributed by atoms with Crippen molar-refractivity contribution in [3.63, 3.8) is 0 Å². The van der Waals surface area contributed by atoms with Gasteiger partial charge in [-0.3, -0.25) is 9.59 Å². The van der Waals surface area contributed by atoms with Gasteiger partial charge in [-0.2, -0.15) is 0 Å². The molecule has 5 atom stereocenters. The van der Waals surface area contributed by atoms with Crippen LogP contribution < -0.4 is 16.0 Å². The molecule has 0 aromatic heterocycles. The van der Waals surface area contributed by atoms with Crippen molar-refractivity contribution in [1.29, 1.82) is 0 Å². The fraction of sp³-hybridized carbons (Fsp3) is 0.652. The Morgan fingerprint density at radius 1 is 1.14 bits per heavy atom. The summed E-state index contributed by atoms with van der Waals surface area (Å²) in [5.41, 5.74) is 1.34. The van der Waals surface area contributed by atoms with Crippen LogP contribution in [0, 0.1) is 24.7 Å². The summed E-state index contributed by atoms with van der Waals surface area (Å²) < 4.78 is 1.03. The molecule has 4 bridgehead atoms. The number of aryl methyl sites for hydroxylation is 1. The highest BCUT2D eigenvalue weighted by molar-refractivity contribution is 9.10. The molecule has 0 heterocycles. The van der Waals surface area contributed by atoms with Crippen molar-refractivity contribution in [1.82, 2.24) is 10.6 Å². The lowest BCUT2D eigenvalue weighted by molar-refractivity contribution is -0.132. The van der Waals surface area contributed by atoms with E-state index in [4.69, 9.17) is 0 Å². The Hall–Kier alpha value is -1.56. The van der Waals surface area contributed by atoms with E-state index in [9.17, 15) is 9.59 Å². The van der Waals surface area contributed by atoms with E-state index in [0.29, 0.717) is 17.8 Å². The summed E-state index contributed by atoms with van der Waals surface area (Å²) in [4.78, 5) is 25.0. The predicted octanol–water partition coefficient (Wildman–Crippen LogP) is 4.15. The molecule has 1 aromatic carbocycles. The average Bonchev–Trinajstić information content (AvgIpc) is 2.58. The van der Waals surface area contributed by atoms with Crippen LogP contribution in [0.15, 0.2) is 22.7 Å². The largest absolute Gasteiger partial charge is 0.371 e. The maximum Gasteiger partial charge on any atom is 0.245 e. The van der Waals surface area contributed by atoms with Crippen LogP contribution in [0.25, 0.3) is 0 Å². The Morgan fingerprint density at radius 3 is 2.38 bits per heavy atom. The lowest BCUT2D eigenvalue weighted by Crippen LogP contribution is -2.67. The first kappa shape index (κ1) is 20.7. The highest BCUT2D eigenvalue weighted by Gasteiger charge is 2.56. The summed E-state index contributed by atoms with van der Waals surface area (Å²) in [6.45, 7) is 7.55. The Kier molecular flexibility index (Phi) is 5.21. The minimum atomic E-state index is -0.706. The summed E-state index contributed by atoms with van der Waals surface area (Å²) in [5.74, 6) is 1.72. The third kappa shape index (κ3) is 4.05. The minimum Gasteiger partial charge on any atom is -0.371 e. The molecule has 5 rings (SSSR count). The molecule has 3 N–H and O–H groups in total. The van der Waals surface area contributed by atoms with Crippen molar-refractivity contribution in [2.75, 3.05) is 5.32 Å². The maximum absolute atomic E-state index is 13.2. The summed E-state index contributed by atoms with van der Waals surface area (Å²) in [6.07, 6.45) is 5.43. The number of hydrogen-bond acceptors (Lipinski definition) is 3. The van der Waals surface area contributed by atoms with Gasteiger partial charge in [-0.25, -0.2) is 0 Å². The lowest BCUT2D eigenvalue weighted by Gasteiger charge is -2.60. The average molecular weight is 462 g/mol. The van der Waals surface area contributed by atoms with E-state index in [-0.39, 0.29) is 23.4 Å². The molecule has 0 radical (unpaired) electrons. The van der Waals surface area contributed by atoms with E-state index in [1.165, 1.54) is 12.8 Å². The number of carbonyl (C=O) groups is 2. The zero-order chi connectivity index (χ0) is 21.0. The number of carbonyl (C=O) groups excluding carboxylic acids is 2. The topological polar surface area (TPSA) is 70.2 Å². The fourth-order valence-electron chi connectivity index (χ4n) is 6.28. The lowest BCUT2D eigenvalue weighted by atomic mass is 9.51. The number of anilines is 1. The van der Waals surface area contributed by atoms with Crippen molar-refractivity contribution in [3.05, 3.63) is 28.2 Å². The fourth-order valence-corrected chi connectivity index (χ4v) is 6.75. The molecule has 158 valence electrons. The third-order valence-corrected chi connectivity index (χ3v) is 7.71. The Balaban J connectivity index is 1.45. The number of amides is 2. The van der Waals surface area contributed by atoms with Crippen LogP contribution in [0.3, 0.4) is 0 Å². The molecule has 4 fully saturated rings. The molecule has 4 aliphatic carbocycles. The number of halogens is 1. The van der Waals surface area contributed by atoms with Crippen molar-refractivity contribution < 1.29 is 9.59 Å². The molecule has 2 amide bonds. The van der Waals surface area contributed by atoms with Gasteiger partial charge in [0.05, 0.1) is 0 Å². The number of benzene rings is 1. The van der Waals surface area contributed by atoms with Crippen LogP contribution in [-0.2, 0) is 9.59 Å². The number of nitrogens with one attached hydrogen (secondary N) is 3. The first-order chi connectivity index (χ1) is 13.6. The molecular weight excluding hydrogens is 430 g/mol. The Labute approximate surface area is 181 Å². The third-order valence-electron chi connectivity index (χ3n) is 7.22. The van der Waals surface area contributed by atoms with Crippen molar-refractivity contribution in [3.8, 4) is 0 Å². The van der Waals surface area contributed by atoms with Crippen LogP contribution in [0.5, 0.6) is 0 Å². The van der Waals surface area contributed by atoms with Crippen molar-refractivity contribution >= 4 is 33.4 Å². The maximum atomic E-state index is 13.2. The zero-order valence-electron chi connectivity index (χ0n) is 17.8. The van der Waals surface area contributed by atoms with Gasteiger partial charge in [0.15, 0.2) is 0 Å². The molecule has 4 aliphatic rings. The van der Waals surface area contributed by atoms with Crippen molar-refractivity contribution in [2.24, 2.45) is 17.8 Å². The molecule has 1 aromatic rings. The Morgan fingerprint density at radius 2 is 1.79 bits per heavy atom. The van der Waals surface area contributed by atoms with Gasteiger partial charge < -0.3 is 16.0 Å². The van der Waals surface area contributed by atoms with Gasteiger partial charge in [0.1, 0.15) is 5.54 Å². The molecular formula is C23H32BrN3O2. The van der Waals surface area contributed by atoms with Crippen LogP contribution in [0.4, 0.5) is 5.69 Å². The molecule has 4 saturated carbocycles. The zero-order valence-corrected chi connectivity index (χ0v) is 19.4. The van der Waals surface area contributed by atoms with Crippen LogP contribution in [0.2, 0.25) is 0 Å². The molecule has 29 heavy (non-hydrogen) atoms. The van der Waals surface area contributed by atoms with E-state index in [0.717, 1.165) is 35.0 Å². The van der Waals surface area contributed by atoms with Gasteiger partial charge in [0, 0.05) is 28.7 Å². The highest BCUT2D eigenvalue weighted by Crippen LogP contribution is 2.55. The van der Waals surface area contributed by atoms with Gasteiger partial charge in [-0.05, 0) is 94.4 Å². The highest BCUT2D eigenvalue weighted by atomic mass is 79.9. The second-order valence-corrected chi connectivity index (χ2v) is 11.1. The van der Waals surface area contributed by atoms with E-state index in [1.807, 2.05) is 32.9 Å². The second-order valence-electron chi connectivity index (χ2n) is 10.1. The first-order valence-electron chi connectivity index (χ1n) is 10.7. The van der Waals surface area contributed by atoms with Crippen molar-refractivity contribution in [2.45, 2.75) is 76.9 Å². The first-order valence-corrected chi connectivity index (χ1v) is 11.5. The SMILES string of the molecule is CC(=O)NC12CC3C[C@H](C1)C(NC(=O)C(C)(C)Nc1ccc(Br)cc1C)[C@@H](C3)C2. The minimum absolute atomic E-state index is 0.0358. The quantitative estimate of drug-likeness (QED) is 0.616. The molecule has 3 unspecified atom stereocenters. The summed E-state index contributed by atoms with van der Waals surface area (Å²) in [7, 11) is 0. The molecule has 5 nitrogen and oxygen atoms in total. The molecule has 0 saturated heterocycles. The van der Waals surface area contributed by atoms with E-state index in [1.54, 1.807) is 6.92 Å². The number of hydrogen-bond donors (Lipinski definition) is 3. The molecule has 0 aliphatic heterocycles. The smallest absolute Gasteiger partial charge is 0.245 e. The monoisotopic (exact) mass is 461 g/mol. The summed E-state index contributed by atoms with van der Waals surface area (Å²) in [5, 5.41) is 10.1. The van der Waals surface area contributed by atoms with E-state index >= 15 is 0 Å². The van der Waals surface area contributed by atoms with Gasteiger partial charge in [-0.1, -0.05) is 15.9 Å². The van der Waals surface area contributed by atoms with Crippen LogP contribution in [0.1, 0.15) is 58.4 Å². The summed E-state index contributed by atoms with van der Waals surface area (Å²) in [6, 6.07) is 6.26. The van der Waals surface area contributed by atoms with Gasteiger partial charge in [-0.15, -0.1) is 0 Å². The normalized spacial score (nSPS) is 32.7. The van der Waals surface area contributed by atoms with Crippen LogP contribution >= 0.6 is 15.9 Å². The second kappa shape index (κ2) is 7.29. The molecule has 0 spiro atoms. The molecule has 6 heteroatoms. The van der Waals surface area contributed by atoms with Gasteiger partial charge in [0.2, 0.25) is 11.8 Å². The number of rotatable bonds is 5. The summed E-state index contributed by atoms with van der Waals surface area (Å²) >= 11 is 3.49. The Bertz CT molecular complexity index is 821. The van der Waals surface area contributed by atoms with Gasteiger partial charge in [0.25, 0.3) is 0 Å². The van der Waals surface area contributed by atoms with Crippen LogP contribution in [-0.4, -0.2) is 28.9 Å².